The second kappa shape index (κ2) is 5.32. The van der Waals surface area contributed by atoms with Crippen molar-refractivity contribution in [3.8, 4) is 11.1 Å². The summed E-state index contributed by atoms with van der Waals surface area (Å²) in [4.78, 5) is 19.1. The van der Waals surface area contributed by atoms with Gasteiger partial charge in [-0.15, -0.1) is 0 Å². The third kappa shape index (κ3) is 2.35. The highest BCUT2D eigenvalue weighted by atomic mass is 16.4. The van der Waals surface area contributed by atoms with Crippen molar-refractivity contribution >= 4 is 10.9 Å². The van der Waals surface area contributed by atoms with Gasteiger partial charge in [-0.3, -0.25) is 0 Å². The van der Waals surface area contributed by atoms with Gasteiger partial charge in [-0.25, -0.2) is 9.78 Å². The number of rotatable bonds is 1. The molecule has 0 saturated heterocycles. The lowest BCUT2D eigenvalue weighted by Gasteiger charge is -2.28. The lowest BCUT2D eigenvalue weighted by atomic mass is 9.89. The van der Waals surface area contributed by atoms with Crippen LogP contribution in [0.3, 0.4) is 0 Å². The van der Waals surface area contributed by atoms with E-state index in [4.69, 9.17) is 4.42 Å². The van der Waals surface area contributed by atoms with E-state index in [0.29, 0.717) is 11.3 Å². The van der Waals surface area contributed by atoms with E-state index in [1.54, 1.807) is 6.92 Å². The molecule has 0 N–H and O–H groups in total. The molecule has 0 bridgehead atoms. The van der Waals surface area contributed by atoms with Crippen LogP contribution in [-0.4, -0.2) is 23.5 Å². The first-order valence-electron chi connectivity index (χ1n) is 7.83. The van der Waals surface area contributed by atoms with Gasteiger partial charge in [-0.2, -0.15) is 0 Å². The highest BCUT2D eigenvalue weighted by Gasteiger charge is 2.22. The maximum Gasteiger partial charge on any atom is 0.346 e. The maximum atomic E-state index is 12.3. The molecule has 3 aromatic rings. The Bertz CT molecular complexity index is 945. The molecule has 2 aromatic carbocycles. The van der Waals surface area contributed by atoms with E-state index in [9.17, 15) is 4.79 Å². The summed E-state index contributed by atoms with van der Waals surface area (Å²) < 4.78 is 5.22. The fourth-order valence-electron chi connectivity index (χ4n) is 3.40. The number of aryl methyl sites for hydroxylation is 1. The second-order valence-electron chi connectivity index (χ2n) is 6.15. The normalized spacial score (nSPS) is 14.9. The SMILES string of the molecule is Cc1nc2c3c(c(-c4ccccc4)cc2c(=O)o1)CCN(C)C3. The van der Waals surface area contributed by atoms with Gasteiger partial charge in [0.25, 0.3) is 0 Å². The van der Waals surface area contributed by atoms with Gasteiger partial charge in [0, 0.05) is 20.0 Å². The van der Waals surface area contributed by atoms with Crippen molar-refractivity contribution in [2.24, 2.45) is 0 Å². The average Bonchev–Trinajstić information content (AvgIpc) is 2.55. The van der Waals surface area contributed by atoms with E-state index < -0.39 is 0 Å². The molecule has 1 aliphatic rings. The van der Waals surface area contributed by atoms with Crippen LogP contribution < -0.4 is 5.63 Å². The van der Waals surface area contributed by atoms with Crippen molar-refractivity contribution in [3.05, 3.63) is 63.8 Å². The first kappa shape index (κ1) is 14.2. The molecule has 0 unspecified atom stereocenters. The van der Waals surface area contributed by atoms with Gasteiger partial charge in [0.15, 0.2) is 5.89 Å². The average molecular weight is 306 g/mol. The van der Waals surface area contributed by atoms with Crippen LogP contribution in [0.15, 0.2) is 45.6 Å². The van der Waals surface area contributed by atoms with E-state index in [-0.39, 0.29) is 5.63 Å². The summed E-state index contributed by atoms with van der Waals surface area (Å²) in [5, 5.41) is 0.573. The Kier molecular flexibility index (Phi) is 3.27. The molecule has 0 aliphatic carbocycles. The highest BCUT2D eigenvalue weighted by Crippen LogP contribution is 2.34. The molecular formula is C19H18N2O2. The summed E-state index contributed by atoms with van der Waals surface area (Å²) in [5.41, 5.74) is 5.21. The zero-order valence-corrected chi connectivity index (χ0v) is 13.3. The third-order valence-electron chi connectivity index (χ3n) is 4.50. The number of likely N-dealkylation sites (N-methyl/N-ethyl adjacent to an activating group) is 1. The maximum absolute atomic E-state index is 12.3. The fourth-order valence-corrected chi connectivity index (χ4v) is 3.40. The van der Waals surface area contributed by atoms with Gasteiger partial charge in [0.2, 0.25) is 0 Å². The van der Waals surface area contributed by atoms with Crippen molar-refractivity contribution in [1.82, 2.24) is 9.88 Å². The summed E-state index contributed by atoms with van der Waals surface area (Å²) >= 11 is 0. The van der Waals surface area contributed by atoms with E-state index in [1.165, 1.54) is 5.56 Å². The molecule has 0 amide bonds. The molecule has 23 heavy (non-hydrogen) atoms. The minimum atomic E-state index is -0.305. The van der Waals surface area contributed by atoms with Gasteiger partial charge in [0.1, 0.15) is 0 Å². The number of hydrogen-bond acceptors (Lipinski definition) is 4. The zero-order chi connectivity index (χ0) is 16.0. The van der Waals surface area contributed by atoms with Crippen LogP contribution in [0.5, 0.6) is 0 Å². The summed E-state index contributed by atoms with van der Waals surface area (Å²) in [6.45, 7) is 3.55. The Morgan fingerprint density at radius 3 is 2.74 bits per heavy atom. The Hall–Kier alpha value is -2.46. The number of hydrogen-bond donors (Lipinski definition) is 0. The second-order valence-corrected chi connectivity index (χ2v) is 6.15. The van der Waals surface area contributed by atoms with Crippen molar-refractivity contribution in [2.45, 2.75) is 19.9 Å². The molecule has 2 heterocycles. The lowest BCUT2D eigenvalue weighted by molar-refractivity contribution is 0.314. The van der Waals surface area contributed by atoms with Crippen LogP contribution in [0, 0.1) is 6.92 Å². The predicted molar refractivity (Wildman–Crippen MR) is 90.5 cm³/mol. The van der Waals surface area contributed by atoms with E-state index in [2.05, 4.69) is 29.1 Å². The van der Waals surface area contributed by atoms with Gasteiger partial charge in [0.05, 0.1) is 10.9 Å². The molecule has 0 radical (unpaired) electrons. The molecule has 0 atom stereocenters. The quantitative estimate of drug-likeness (QED) is 0.693. The van der Waals surface area contributed by atoms with Crippen LogP contribution >= 0.6 is 0 Å². The monoisotopic (exact) mass is 306 g/mol. The third-order valence-corrected chi connectivity index (χ3v) is 4.50. The summed E-state index contributed by atoms with van der Waals surface area (Å²) in [6, 6.07) is 12.2. The number of aromatic nitrogens is 1. The fraction of sp³-hybridized carbons (Fsp3) is 0.263. The Labute approximate surface area is 134 Å². The van der Waals surface area contributed by atoms with Gasteiger partial charge < -0.3 is 9.32 Å². The summed E-state index contributed by atoms with van der Waals surface area (Å²) in [7, 11) is 2.10. The van der Waals surface area contributed by atoms with Crippen LogP contribution in [0.4, 0.5) is 0 Å². The van der Waals surface area contributed by atoms with Gasteiger partial charge >= 0.3 is 5.63 Å². The van der Waals surface area contributed by atoms with Crippen LogP contribution in [-0.2, 0) is 13.0 Å². The molecule has 4 nitrogen and oxygen atoms in total. The minimum absolute atomic E-state index is 0.305. The van der Waals surface area contributed by atoms with E-state index in [1.807, 2.05) is 24.3 Å². The van der Waals surface area contributed by atoms with Gasteiger partial charge in [-0.05, 0) is 41.8 Å². The minimum Gasteiger partial charge on any atom is -0.408 e. The number of benzene rings is 2. The molecule has 116 valence electrons. The number of nitrogens with zero attached hydrogens (tertiary/aromatic N) is 2. The molecule has 0 fully saturated rings. The first-order chi connectivity index (χ1) is 11.1. The first-order valence-corrected chi connectivity index (χ1v) is 7.83. The topological polar surface area (TPSA) is 46.3 Å². The molecule has 0 saturated carbocycles. The van der Waals surface area contributed by atoms with E-state index in [0.717, 1.165) is 41.7 Å². The van der Waals surface area contributed by atoms with Crippen LogP contribution in [0.2, 0.25) is 0 Å². The zero-order valence-electron chi connectivity index (χ0n) is 13.3. The van der Waals surface area contributed by atoms with Crippen molar-refractivity contribution in [1.29, 1.82) is 0 Å². The summed E-state index contributed by atoms with van der Waals surface area (Å²) in [5.74, 6) is 0.422. The Morgan fingerprint density at radius 2 is 1.96 bits per heavy atom. The predicted octanol–water partition coefficient (Wildman–Crippen LogP) is 3.15. The van der Waals surface area contributed by atoms with E-state index >= 15 is 0 Å². The molecule has 4 rings (SSSR count). The standard InChI is InChI=1S/C19H18N2O2/c1-12-20-18-16(19(22)23-12)10-15(13-6-4-3-5-7-13)14-8-9-21(2)11-17(14)18/h3-7,10H,8-9,11H2,1-2H3. The number of fused-ring (bicyclic) bond motifs is 3. The van der Waals surface area contributed by atoms with Crippen molar-refractivity contribution in [2.75, 3.05) is 13.6 Å². The Balaban J connectivity index is 2.11. The molecule has 1 aliphatic heterocycles. The van der Waals surface area contributed by atoms with Crippen LogP contribution in [0.25, 0.3) is 22.0 Å². The van der Waals surface area contributed by atoms with Crippen molar-refractivity contribution < 1.29 is 4.42 Å². The van der Waals surface area contributed by atoms with Gasteiger partial charge in [-0.1, -0.05) is 30.3 Å². The largest absolute Gasteiger partial charge is 0.408 e. The highest BCUT2D eigenvalue weighted by molar-refractivity contribution is 5.89. The van der Waals surface area contributed by atoms with Crippen molar-refractivity contribution in [3.63, 3.8) is 0 Å². The Morgan fingerprint density at radius 1 is 1.17 bits per heavy atom. The molecule has 0 spiro atoms. The van der Waals surface area contributed by atoms with Crippen LogP contribution in [0.1, 0.15) is 17.0 Å². The molecule has 1 aromatic heterocycles. The summed E-state index contributed by atoms with van der Waals surface area (Å²) in [6.07, 6.45) is 0.965. The smallest absolute Gasteiger partial charge is 0.346 e. The molecular weight excluding hydrogens is 288 g/mol. The molecule has 4 heteroatoms. The lowest BCUT2D eigenvalue weighted by Crippen LogP contribution is -2.28.